The number of benzene rings is 1. The normalized spacial score (nSPS) is 23.8. The van der Waals surface area contributed by atoms with E-state index in [1.165, 1.54) is 10.6 Å². The first-order valence-corrected chi connectivity index (χ1v) is 9.08. The van der Waals surface area contributed by atoms with E-state index in [1.54, 1.807) is 0 Å². The molecular formula is C18H22N2O2S. The quantitative estimate of drug-likeness (QED) is 0.940. The average molecular weight is 330 g/mol. The lowest BCUT2D eigenvalue weighted by Crippen LogP contribution is -2.47. The molecule has 0 aliphatic carbocycles. The van der Waals surface area contributed by atoms with Gasteiger partial charge in [0.2, 0.25) is 0 Å². The summed E-state index contributed by atoms with van der Waals surface area (Å²) >= 11 is 1.84. The molecule has 0 spiro atoms. The highest BCUT2D eigenvalue weighted by Gasteiger charge is 2.26. The number of nitrogens with zero attached hydrogens (tertiary/aromatic N) is 1. The molecule has 2 aliphatic rings. The summed E-state index contributed by atoms with van der Waals surface area (Å²) in [6, 6.07) is 10.8. The number of nitrogens with two attached hydrogens (primary N) is 1. The summed E-state index contributed by atoms with van der Waals surface area (Å²) in [7, 11) is 0. The monoisotopic (exact) mass is 330 g/mol. The maximum absolute atomic E-state index is 6.33. The third-order valence-electron chi connectivity index (χ3n) is 4.53. The van der Waals surface area contributed by atoms with Crippen LogP contribution in [-0.4, -0.2) is 32.3 Å². The maximum atomic E-state index is 6.33. The van der Waals surface area contributed by atoms with E-state index in [9.17, 15) is 0 Å². The minimum absolute atomic E-state index is 0.224. The summed E-state index contributed by atoms with van der Waals surface area (Å²) in [6.45, 7) is 3.20. The molecule has 4 rings (SSSR count). The van der Waals surface area contributed by atoms with Crippen LogP contribution >= 0.6 is 11.3 Å². The van der Waals surface area contributed by atoms with Gasteiger partial charge in [0.25, 0.3) is 0 Å². The number of anilines is 1. The molecule has 0 saturated carbocycles. The number of ether oxygens (including phenoxy) is 2. The van der Waals surface area contributed by atoms with Crippen molar-refractivity contribution in [3.05, 3.63) is 40.6 Å². The molecule has 5 heteroatoms. The molecule has 2 aromatic rings. The minimum Gasteiger partial charge on any atom is -0.486 e. The zero-order valence-electron chi connectivity index (χ0n) is 13.1. The van der Waals surface area contributed by atoms with Crippen LogP contribution in [0.25, 0.3) is 0 Å². The van der Waals surface area contributed by atoms with Crippen LogP contribution in [0.1, 0.15) is 11.3 Å². The molecular weight excluding hydrogens is 308 g/mol. The van der Waals surface area contributed by atoms with Crippen LogP contribution in [0.4, 0.5) is 5.69 Å². The van der Waals surface area contributed by atoms with Crippen molar-refractivity contribution < 1.29 is 9.47 Å². The summed E-state index contributed by atoms with van der Waals surface area (Å²) in [5, 5.41) is 2.15. The Hall–Kier alpha value is -1.72. The predicted molar refractivity (Wildman–Crippen MR) is 93.8 cm³/mol. The standard InChI is InChI=1S/C18H22N2O2S/c19-14-8-13(9-16-2-1-7-23-16)11-20(12-14)15-3-4-17-18(10-15)22-6-5-21-17/h1-4,7,10,13-14H,5-6,8-9,11-12,19H2. The first kappa shape index (κ1) is 14.8. The van der Waals surface area contributed by atoms with E-state index in [2.05, 4.69) is 34.5 Å². The highest BCUT2D eigenvalue weighted by atomic mass is 32.1. The number of piperidine rings is 1. The van der Waals surface area contributed by atoms with Crippen molar-refractivity contribution in [1.82, 2.24) is 0 Å². The van der Waals surface area contributed by atoms with Crippen molar-refractivity contribution in [2.75, 3.05) is 31.2 Å². The molecule has 0 bridgehead atoms. The van der Waals surface area contributed by atoms with E-state index in [4.69, 9.17) is 15.2 Å². The minimum atomic E-state index is 0.224. The molecule has 2 atom stereocenters. The topological polar surface area (TPSA) is 47.7 Å². The Morgan fingerprint density at radius 1 is 1.13 bits per heavy atom. The molecule has 1 fully saturated rings. The number of hydrogen-bond acceptors (Lipinski definition) is 5. The van der Waals surface area contributed by atoms with Crippen molar-refractivity contribution in [1.29, 1.82) is 0 Å². The van der Waals surface area contributed by atoms with Crippen LogP contribution in [0.15, 0.2) is 35.7 Å². The van der Waals surface area contributed by atoms with Gasteiger partial charge in [0.15, 0.2) is 11.5 Å². The lowest BCUT2D eigenvalue weighted by Gasteiger charge is -2.38. The highest BCUT2D eigenvalue weighted by molar-refractivity contribution is 7.09. The van der Waals surface area contributed by atoms with Crippen molar-refractivity contribution in [2.45, 2.75) is 18.9 Å². The highest BCUT2D eigenvalue weighted by Crippen LogP contribution is 2.35. The molecule has 1 aromatic carbocycles. The molecule has 0 radical (unpaired) electrons. The number of hydrogen-bond donors (Lipinski definition) is 1. The Morgan fingerprint density at radius 3 is 2.83 bits per heavy atom. The van der Waals surface area contributed by atoms with Gasteiger partial charge in [-0.25, -0.2) is 0 Å². The molecule has 2 aliphatic heterocycles. The average Bonchev–Trinajstić information content (AvgIpc) is 3.07. The van der Waals surface area contributed by atoms with Gasteiger partial charge in [-0.3, -0.25) is 0 Å². The van der Waals surface area contributed by atoms with Gasteiger partial charge in [0.05, 0.1) is 0 Å². The largest absolute Gasteiger partial charge is 0.486 e. The van der Waals surface area contributed by atoms with Gasteiger partial charge in [-0.05, 0) is 42.3 Å². The van der Waals surface area contributed by atoms with E-state index in [0.29, 0.717) is 19.1 Å². The van der Waals surface area contributed by atoms with Crippen LogP contribution in [0.5, 0.6) is 11.5 Å². The molecule has 3 heterocycles. The van der Waals surface area contributed by atoms with Gasteiger partial charge < -0.3 is 20.1 Å². The SMILES string of the molecule is NC1CC(Cc2cccs2)CN(c2ccc3c(c2)OCCO3)C1. The first-order chi connectivity index (χ1) is 11.3. The Balaban J connectivity index is 1.51. The second kappa shape index (κ2) is 6.42. The first-order valence-electron chi connectivity index (χ1n) is 8.20. The summed E-state index contributed by atoms with van der Waals surface area (Å²) in [5.74, 6) is 2.30. The number of thiophene rings is 1. The van der Waals surface area contributed by atoms with Gasteiger partial charge in [0.1, 0.15) is 13.2 Å². The number of fused-ring (bicyclic) bond motifs is 1. The molecule has 122 valence electrons. The maximum Gasteiger partial charge on any atom is 0.163 e. The van der Waals surface area contributed by atoms with Crippen molar-refractivity contribution in [3.8, 4) is 11.5 Å². The van der Waals surface area contributed by atoms with Gasteiger partial charge >= 0.3 is 0 Å². The Labute approximate surface area is 140 Å². The van der Waals surface area contributed by atoms with Crippen LogP contribution in [0.3, 0.4) is 0 Å². The fourth-order valence-electron chi connectivity index (χ4n) is 3.55. The summed E-state index contributed by atoms with van der Waals surface area (Å²) in [4.78, 5) is 3.84. The smallest absolute Gasteiger partial charge is 0.163 e. The van der Waals surface area contributed by atoms with Crippen molar-refractivity contribution in [3.63, 3.8) is 0 Å². The Morgan fingerprint density at radius 2 is 2.00 bits per heavy atom. The van der Waals surface area contributed by atoms with E-state index < -0.39 is 0 Å². The predicted octanol–water partition coefficient (Wildman–Crippen LogP) is 2.92. The van der Waals surface area contributed by atoms with Crippen LogP contribution in [0.2, 0.25) is 0 Å². The molecule has 1 saturated heterocycles. The van der Waals surface area contributed by atoms with Crippen LogP contribution in [0, 0.1) is 5.92 Å². The van der Waals surface area contributed by atoms with Crippen molar-refractivity contribution >= 4 is 17.0 Å². The van der Waals surface area contributed by atoms with E-state index in [-0.39, 0.29) is 6.04 Å². The molecule has 2 unspecified atom stereocenters. The molecule has 0 amide bonds. The molecule has 1 aromatic heterocycles. The third-order valence-corrected chi connectivity index (χ3v) is 5.43. The molecule has 23 heavy (non-hydrogen) atoms. The van der Waals surface area contributed by atoms with Crippen molar-refractivity contribution in [2.24, 2.45) is 11.7 Å². The van der Waals surface area contributed by atoms with Gasteiger partial charge in [-0.2, -0.15) is 0 Å². The zero-order valence-corrected chi connectivity index (χ0v) is 13.9. The van der Waals surface area contributed by atoms with Gasteiger partial charge in [0, 0.05) is 35.8 Å². The lowest BCUT2D eigenvalue weighted by molar-refractivity contribution is 0.171. The second-order valence-electron chi connectivity index (χ2n) is 6.38. The zero-order chi connectivity index (χ0) is 15.6. The van der Waals surface area contributed by atoms with Crippen LogP contribution in [-0.2, 0) is 6.42 Å². The fourth-order valence-corrected chi connectivity index (χ4v) is 4.37. The summed E-state index contributed by atoms with van der Waals surface area (Å²) in [6.07, 6.45) is 2.21. The van der Waals surface area contributed by atoms with Gasteiger partial charge in [-0.1, -0.05) is 6.07 Å². The fraction of sp³-hybridized carbons (Fsp3) is 0.444. The van der Waals surface area contributed by atoms with Crippen LogP contribution < -0.4 is 20.1 Å². The van der Waals surface area contributed by atoms with E-state index in [0.717, 1.165) is 37.4 Å². The van der Waals surface area contributed by atoms with E-state index in [1.807, 2.05) is 17.4 Å². The van der Waals surface area contributed by atoms with E-state index >= 15 is 0 Å². The lowest BCUT2D eigenvalue weighted by atomic mass is 9.91. The third kappa shape index (κ3) is 3.31. The number of rotatable bonds is 3. The Kier molecular flexibility index (Phi) is 4.14. The summed E-state index contributed by atoms with van der Waals surface area (Å²) in [5.41, 5.74) is 7.51. The van der Waals surface area contributed by atoms with Gasteiger partial charge in [-0.15, -0.1) is 11.3 Å². The Bertz CT molecular complexity index is 659. The second-order valence-corrected chi connectivity index (χ2v) is 7.41. The molecule has 2 N–H and O–H groups in total. The molecule has 4 nitrogen and oxygen atoms in total. The summed E-state index contributed by atoms with van der Waals surface area (Å²) < 4.78 is 11.3.